The smallest absolute Gasteiger partial charge is 0.399 e. The molecule has 6 heteroatoms. The van der Waals surface area contributed by atoms with Crippen molar-refractivity contribution in [2.45, 2.75) is 19.1 Å². The maximum atomic E-state index is 13.1. The quantitative estimate of drug-likeness (QED) is 0.868. The summed E-state index contributed by atoms with van der Waals surface area (Å²) in [6.07, 6.45) is -3.32. The summed E-state index contributed by atoms with van der Waals surface area (Å²) in [5.41, 5.74) is 5.34. The Morgan fingerprint density at radius 3 is 2.67 bits per heavy atom. The molecule has 0 unspecified atom stereocenters. The molecule has 0 aromatic heterocycles. The van der Waals surface area contributed by atoms with Crippen molar-refractivity contribution < 1.29 is 13.2 Å². The fourth-order valence-electron chi connectivity index (χ4n) is 2.96. The monoisotopic (exact) mass is 301 g/mol. The van der Waals surface area contributed by atoms with Crippen LogP contribution < -0.4 is 5.73 Å². The van der Waals surface area contributed by atoms with E-state index in [1.165, 1.54) is 12.1 Å². The van der Waals surface area contributed by atoms with Crippen molar-refractivity contribution >= 4 is 5.69 Å². The zero-order chi connectivity index (χ0) is 15.6. The fourth-order valence-corrected chi connectivity index (χ4v) is 2.96. The average Bonchev–Trinajstić information content (AvgIpc) is 2.76. The Bertz CT molecular complexity index is 486. The zero-order valence-electron chi connectivity index (χ0n) is 12.5. The van der Waals surface area contributed by atoms with Crippen LogP contribution in [-0.4, -0.2) is 43.5 Å². The predicted octanol–water partition coefficient (Wildman–Crippen LogP) is 2.67. The average molecular weight is 301 g/mol. The molecule has 2 N–H and O–H groups in total. The maximum Gasteiger partial charge on any atom is 0.416 e. The summed E-state index contributed by atoms with van der Waals surface area (Å²) in [5, 5.41) is 0. The van der Waals surface area contributed by atoms with Crippen molar-refractivity contribution in [2.24, 2.45) is 5.92 Å². The van der Waals surface area contributed by atoms with E-state index in [-0.39, 0.29) is 5.69 Å². The van der Waals surface area contributed by atoms with Crippen molar-refractivity contribution in [1.29, 1.82) is 0 Å². The highest BCUT2D eigenvalue weighted by Gasteiger charge is 2.34. The Hall–Kier alpha value is -1.27. The van der Waals surface area contributed by atoms with E-state index in [0.717, 1.165) is 32.1 Å². The number of halogens is 3. The Morgan fingerprint density at radius 2 is 2.05 bits per heavy atom. The summed E-state index contributed by atoms with van der Waals surface area (Å²) in [6, 6.07) is 4.07. The van der Waals surface area contributed by atoms with Crippen LogP contribution in [0.3, 0.4) is 0 Å². The van der Waals surface area contributed by atoms with Gasteiger partial charge in [0.15, 0.2) is 0 Å². The number of hydrogen-bond acceptors (Lipinski definition) is 3. The lowest BCUT2D eigenvalue weighted by Crippen LogP contribution is -2.26. The Labute approximate surface area is 123 Å². The standard InChI is InChI=1S/C15H22F3N3/c1-20(2)8-11-5-6-21(9-11)10-12-3-4-13(19)7-14(12)15(16,17)18/h3-4,7,11H,5-6,8-10,19H2,1-2H3/t11-/m1/s1. The number of alkyl halides is 3. The molecule has 0 radical (unpaired) electrons. The van der Waals surface area contributed by atoms with Crippen molar-refractivity contribution in [3.05, 3.63) is 29.3 Å². The van der Waals surface area contributed by atoms with Crippen LogP contribution in [0.15, 0.2) is 18.2 Å². The predicted molar refractivity (Wildman–Crippen MR) is 77.8 cm³/mol. The highest BCUT2D eigenvalue weighted by molar-refractivity contribution is 5.46. The third-order valence-electron chi connectivity index (χ3n) is 3.83. The minimum Gasteiger partial charge on any atom is -0.399 e. The van der Waals surface area contributed by atoms with Gasteiger partial charge in [0.05, 0.1) is 5.56 Å². The largest absolute Gasteiger partial charge is 0.416 e. The van der Waals surface area contributed by atoms with Gasteiger partial charge in [-0.05, 0) is 50.7 Å². The van der Waals surface area contributed by atoms with Crippen LogP contribution in [0.5, 0.6) is 0 Å². The lowest BCUT2D eigenvalue weighted by Gasteiger charge is -2.21. The molecule has 0 amide bonds. The number of nitrogens with zero attached hydrogens (tertiary/aromatic N) is 2. The maximum absolute atomic E-state index is 13.1. The highest BCUT2D eigenvalue weighted by atomic mass is 19.4. The first kappa shape index (κ1) is 16.1. The third-order valence-corrected chi connectivity index (χ3v) is 3.83. The molecule has 1 heterocycles. The Balaban J connectivity index is 2.07. The lowest BCUT2D eigenvalue weighted by atomic mass is 10.1. The van der Waals surface area contributed by atoms with E-state index in [1.807, 2.05) is 14.1 Å². The van der Waals surface area contributed by atoms with Crippen molar-refractivity contribution in [1.82, 2.24) is 9.80 Å². The van der Waals surface area contributed by atoms with E-state index in [2.05, 4.69) is 9.80 Å². The molecule has 3 nitrogen and oxygen atoms in total. The van der Waals surface area contributed by atoms with Gasteiger partial charge in [0.1, 0.15) is 0 Å². The second-order valence-electron chi connectivity index (χ2n) is 6.07. The first-order valence-corrected chi connectivity index (χ1v) is 7.08. The van der Waals surface area contributed by atoms with Crippen LogP contribution in [0.25, 0.3) is 0 Å². The summed E-state index contributed by atoms with van der Waals surface area (Å²) in [7, 11) is 4.04. The molecule has 0 aliphatic carbocycles. The minimum absolute atomic E-state index is 0.151. The molecule has 1 aliphatic heterocycles. The molecule has 1 aliphatic rings. The van der Waals surface area contributed by atoms with E-state index < -0.39 is 11.7 Å². The number of benzene rings is 1. The SMILES string of the molecule is CN(C)C[C@H]1CCN(Cc2ccc(N)cc2C(F)(F)F)C1. The van der Waals surface area contributed by atoms with Gasteiger partial charge in [0.2, 0.25) is 0 Å². The molecule has 0 saturated carbocycles. The number of hydrogen-bond donors (Lipinski definition) is 1. The van der Waals surface area contributed by atoms with Crippen LogP contribution in [0.1, 0.15) is 17.5 Å². The summed E-state index contributed by atoms with van der Waals surface area (Å²) in [4.78, 5) is 4.22. The number of nitrogen functional groups attached to an aromatic ring is 1. The molecule has 1 aromatic carbocycles. The van der Waals surface area contributed by atoms with Gasteiger partial charge in [-0.1, -0.05) is 6.07 Å². The van der Waals surface area contributed by atoms with Gasteiger partial charge in [-0.3, -0.25) is 4.90 Å². The molecule has 1 saturated heterocycles. The second kappa shape index (κ2) is 6.23. The van der Waals surface area contributed by atoms with Gasteiger partial charge in [0, 0.05) is 25.3 Å². The summed E-state index contributed by atoms with van der Waals surface area (Å²) < 4.78 is 39.2. The topological polar surface area (TPSA) is 32.5 Å². The Morgan fingerprint density at radius 1 is 1.33 bits per heavy atom. The molecular formula is C15H22F3N3. The van der Waals surface area contributed by atoms with E-state index in [1.54, 1.807) is 0 Å². The molecule has 1 fully saturated rings. The summed E-state index contributed by atoms with van der Waals surface area (Å²) in [5.74, 6) is 0.531. The van der Waals surface area contributed by atoms with Crippen molar-refractivity contribution in [3.8, 4) is 0 Å². The first-order chi connectivity index (χ1) is 9.75. The number of nitrogens with two attached hydrogens (primary N) is 1. The van der Waals surface area contributed by atoms with E-state index in [4.69, 9.17) is 5.73 Å². The van der Waals surface area contributed by atoms with Crippen molar-refractivity contribution in [3.63, 3.8) is 0 Å². The third kappa shape index (κ3) is 4.35. The summed E-state index contributed by atoms with van der Waals surface area (Å²) >= 11 is 0. The van der Waals surface area contributed by atoms with E-state index in [9.17, 15) is 13.2 Å². The molecule has 118 valence electrons. The molecular weight excluding hydrogens is 279 g/mol. The van der Waals surface area contributed by atoms with Gasteiger partial charge in [0.25, 0.3) is 0 Å². The molecule has 2 rings (SSSR count). The van der Waals surface area contributed by atoms with E-state index in [0.29, 0.717) is 18.0 Å². The Kier molecular flexibility index (Phi) is 4.78. The van der Waals surface area contributed by atoms with Gasteiger partial charge in [-0.15, -0.1) is 0 Å². The molecule has 0 spiro atoms. The van der Waals surface area contributed by atoms with Crippen LogP contribution in [-0.2, 0) is 12.7 Å². The second-order valence-corrected chi connectivity index (χ2v) is 6.07. The molecule has 1 atom stereocenters. The van der Waals surface area contributed by atoms with E-state index >= 15 is 0 Å². The van der Waals surface area contributed by atoms with Gasteiger partial charge < -0.3 is 10.6 Å². The summed E-state index contributed by atoms with van der Waals surface area (Å²) in [6.45, 7) is 3.00. The molecule has 21 heavy (non-hydrogen) atoms. The fraction of sp³-hybridized carbons (Fsp3) is 0.600. The van der Waals surface area contributed by atoms with Crippen molar-refractivity contribution in [2.75, 3.05) is 39.5 Å². The highest BCUT2D eigenvalue weighted by Crippen LogP contribution is 2.34. The minimum atomic E-state index is -4.35. The van der Waals surface area contributed by atoms with Crippen LogP contribution in [0.4, 0.5) is 18.9 Å². The van der Waals surface area contributed by atoms with Crippen LogP contribution in [0.2, 0.25) is 0 Å². The molecule has 1 aromatic rings. The van der Waals surface area contributed by atoms with Gasteiger partial charge in [-0.2, -0.15) is 13.2 Å². The lowest BCUT2D eigenvalue weighted by molar-refractivity contribution is -0.138. The van der Waals surface area contributed by atoms with Gasteiger partial charge in [-0.25, -0.2) is 0 Å². The van der Waals surface area contributed by atoms with Crippen LogP contribution >= 0.6 is 0 Å². The first-order valence-electron chi connectivity index (χ1n) is 7.08. The number of rotatable bonds is 4. The zero-order valence-corrected chi connectivity index (χ0v) is 12.5. The van der Waals surface area contributed by atoms with Crippen LogP contribution in [0, 0.1) is 5.92 Å². The van der Waals surface area contributed by atoms with Gasteiger partial charge >= 0.3 is 6.18 Å². The molecule has 0 bridgehead atoms. The normalized spacial score (nSPS) is 20.4. The number of anilines is 1. The number of likely N-dealkylation sites (tertiary alicyclic amines) is 1.